The summed E-state index contributed by atoms with van der Waals surface area (Å²) < 4.78 is 24.4. The summed E-state index contributed by atoms with van der Waals surface area (Å²) in [4.78, 5) is 0. The molecule has 1 rings (SSSR count). The number of hydrogen-bond acceptors (Lipinski definition) is 4. The zero-order valence-electron chi connectivity index (χ0n) is 21.0. The summed E-state index contributed by atoms with van der Waals surface area (Å²) in [6, 6.07) is 10.6. The van der Waals surface area contributed by atoms with Crippen LogP contribution in [0, 0.1) is 17.8 Å². The minimum Gasteiger partial charge on any atom is -0.385 e. The number of hydrogen-bond donors (Lipinski definition) is 0. The summed E-state index contributed by atoms with van der Waals surface area (Å²) in [5.74, 6) is 1.06. The van der Waals surface area contributed by atoms with Crippen molar-refractivity contribution in [3.05, 3.63) is 35.9 Å². The van der Waals surface area contributed by atoms with Crippen LogP contribution >= 0.6 is 0 Å². The Morgan fingerprint density at radius 1 is 0.867 bits per heavy atom. The lowest BCUT2D eigenvalue weighted by atomic mass is 9.61. The molecule has 0 aromatic heterocycles. The van der Waals surface area contributed by atoms with Crippen molar-refractivity contribution in [2.45, 2.75) is 77.6 Å². The highest BCUT2D eigenvalue weighted by molar-refractivity contribution is 5.29. The van der Waals surface area contributed by atoms with Crippen molar-refractivity contribution in [1.82, 2.24) is 0 Å². The molecule has 1 aromatic rings. The van der Waals surface area contributed by atoms with Gasteiger partial charge in [-0.3, -0.25) is 0 Å². The quantitative estimate of drug-likeness (QED) is 0.383. The second kappa shape index (κ2) is 12.2. The molecule has 0 bridgehead atoms. The molecule has 0 fully saturated rings. The van der Waals surface area contributed by atoms with Crippen LogP contribution in [0.4, 0.5) is 0 Å². The molecule has 4 nitrogen and oxygen atoms in total. The molecule has 0 spiro atoms. The Morgan fingerprint density at radius 3 is 1.87 bits per heavy atom. The Labute approximate surface area is 185 Å². The van der Waals surface area contributed by atoms with E-state index in [1.165, 1.54) is 5.56 Å². The zero-order chi connectivity index (χ0) is 22.9. The van der Waals surface area contributed by atoms with Gasteiger partial charge in [0.15, 0.2) is 0 Å². The van der Waals surface area contributed by atoms with Gasteiger partial charge < -0.3 is 18.9 Å². The maximum atomic E-state index is 6.49. The fraction of sp³-hybridized carbons (Fsp3) is 0.769. The van der Waals surface area contributed by atoms with E-state index in [0.29, 0.717) is 18.4 Å². The van der Waals surface area contributed by atoms with E-state index in [0.717, 1.165) is 12.8 Å². The summed E-state index contributed by atoms with van der Waals surface area (Å²) in [6.07, 6.45) is 1.63. The molecule has 0 saturated carbocycles. The van der Waals surface area contributed by atoms with Crippen LogP contribution in [0.25, 0.3) is 0 Å². The molecule has 4 unspecified atom stereocenters. The summed E-state index contributed by atoms with van der Waals surface area (Å²) in [5.41, 5.74) is 0.323. The highest BCUT2D eigenvalue weighted by Crippen LogP contribution is 2.47. The molecule has 1 aromatic carbocycles. The lowest BCUT2D eigenvalue weighted by molar-refractivity contribution is -0.201. The van der Waals surface area contributed by atoms with Gasteiger partial charge >= 0.3 is 0 Å². The van der Waals surface area contributed by atoms with Crippen molar-refractivity contribution >= 4 is 0 Å². The normalized spacial score (nSPS) is 17.7. The number of ether oxygens (including phenoxy) is 4. The molecule has 4 heteroatoms. The largest absolute Gasteiger partial charge is 0.385 e. The van der Waals surface area contributed by atoms with Crippen LogP contribution < -0.4 is 0 Å². The molecule has 174 valence electrons. The topological polar surface area (TPSA) is 36.9 Å². The van der Waals surface area contributed by atoms with Gasteiger partial charge in [0.1, 0.15) is 5.60 Å². The number of rotatable bonds is 14. The van der Waals surface area contributed by atoms with E-state index in [-0.39, 0.29) is 23.5 Å². The Bertz CT molecular complexity index is 584. The minimum atomic E-state index is -0.593. The summed E-state index contributed by atoms with van der Waals surface area (Å²) in [6.45, 7) is 14.1. The molecule has 0 amide bonds. The summed E-state index contributed by atoms with van der Waals surface area (Å²) in [7, 11) is 7.19. The molecular formula is C26H46O4. The molecule has 0 saturated heterocycles. The molecule has 0 aliphatic heterocycles. The van der Waals surface area contributed by atoms with Gasteiger partial charge in [-0.2, -0.15) is 0 Å². The maximum Gasteiger partial charge on any atom is 0.105 e. The SMILES string of the molecule is COCCC(OC)(C(OC)C(CC(C)C)C(OC)C(C)C)C(C)(C)c1ccccc1. The third kappa shape index (κ3) is 5.85. The molecular weight excluding hydrogens is 376 g/mol. The first kappa shape index (κ1) is 27.1. The van der Waals surface area contributed by atoms with E-state index in [4.69, 9.17) is 18.9 Å². The zero-order valence-corrected chi connectivity index (χ0v) is 21.0. The van der Waals surface area contributed by atoms with Crippen molar-refractivity contribution in [2.24, 2.45) is 17.8 Å². The molecule has 0 heterocycles. The molecule has 0 radical (unpaired) electrons. The van der Waals surface area contributed by atoms with Crippen molar-refractivity contribution < 1.29 is 18.9 Å². The van der Waals surface area contributed by atoms with Gasteiger partial charge in [-0.15, -0.1) is 0 Å². The Balaban J connectivity index is 3.67. The van der Waals surface area contributed by atoms with Crippen molar-refractivity contribution in [3.63, 3.8) is 0 Å². The Kier molecular flexibility index (Phi) is 11.0. The van der Waals surface area contributed by atoms with E-state index >= 15 is 0 Å². The highest BCUT2D eigenvalue weighted by atomic mass is 16.5. The Morgan fingerprint density at radius 2 is 1.47 bits per heavy atom. The van der Waals surface area contributed by atoms with Crippen molar-refractivity contribution in [3.8, 4) is 0 Å². The standard InChI is InChI=1S/C26H46O4/c1-19(2)18-22(23(28-8)20(3)4)24(29-9)26(30-10,16-17-27-7)25(5,6)21-14-12-11-13-15-21/h11-15,19-20,22-24H,16-18H2,1-10H3. The average molecular weight is 423 g/mol. The summed E-state index contributed by atoms with van der Waals surface area (Å²) in [5, 5.41) is 0. The van der Waals surface area contributed by atoms with Crippen LogP contribution in [0.2, 0.25) is 0 Å². The fourth-order valence-electron chi connectivity index (χ4n) is 5.26. The predicted molar refractivity (Wildman–Crippen MR) is 125 cm³/mol. The first-order valence-electron chi connectivity index (χ1n) is 11.3. The van der Waals surface area contributed by atoms with Crippen LogP contribution in [-0.4, -0.2) is 52.9 Å². The van der Waals surface area contributed by atoms with Crippen LogP contribution in [0.1, 0.15) is 59.9 Å². The van der Waals surface area contributed by atoms with E-state index in [1.54, 1.807) is 7.11 Å². The molecule has 4 atom stereocenters. The monoisotopic (exact) mass is 422 g/mol. The van der Waals surface area contributed by atoms with E-state index in [9.17, 15) is 0 Å². The number of methoxy groups -OCH3 is 4. The highest BCUT2D eigenvalue weighted by Gasteiger charge is 2.55. The lowest BCUT2D eigenvalue weighted by Crippen LogP contribution is -2.63. The van der Waals surface area contributed by atoms with E-state index in [2.05, 4.69) is 71.9 Å². The minimum absolute atomic E-state index is 0.0704. The second-order valence-electron chi connectivity index (χ2n) is 9.72. The van der Waals surface area contributed by atoms with Crippen LogP contribution in [0.5, 0.6) is 0 Å². The number of benzene rings is 1. The predicted octanol–water partition coefficient (Wildman–Crippen LogP) is 5.73. The lowest BCUT2D eigenvalue weighted by Gasteiger charge is -2.53. The van der Waals surface area contributed by atoms with Crippen LogP contribution in [0.15, 0.2) is 30.3 Å². The maximum absolute atomic E-state index is 6.49. The van der Waals surface area contributed by atoms with E-state index < -0.39 is 5.60 Å². The smallest absolute Gasteiger partial charge is 0.105 e. The average Bonchev–Trinajstić information content (AvgIpc) is 2.71. The van der Waals surface area contributed by atoms with Gasteiger partial charge in [-0.05, 0) is 23.8 Å². The van der Waals surface area contributed by atoms with Gasteiger partial charge in [-0.1, -0.05) is 71.9 Å². The van der Waals surface area contributed by atoms with Gasteiger partial charge in [0.05, 0.1) is 12.2 Å². The molecule has 0 aliphatic rings. The third-order valence-electron chi connectivity index (χ3n) is 6.79. The van der Waals surface area contributed by atoms with Crippen LogP contribution in [-0.2, 0) is 24.4 Å². The van der Waals surface area contributed by atoms with Gasteiger partial charge in [-0.25, -0.2) is 0 Å². The van der Waals surface area contributed by atoms with Gasteiger partial charge in [0.2, 0.25) is 0 Å². The molecule has 0 aliphatic carbocycles. The first-order chi connectivity index (χ1) is 14.1. The summed E-state index contributed by atoms with van der Waals surface area (Å²) >= 11 is 0. The van der Waals surface area contributed by atoms with Crippen LogP contribution in [0.3, 0.4) is 0 Å². The second-order valence-corrected chi connectivity index (χ2v) is 9.72. The third-order valence-corrected chi connectivity index (χ3v) is 6.79. The fourth-order valence-corrected chi connectivity index (χ4v) is 5.26. The van der Waals surface area contributed by atoms with Gasteiger partial charge in [0, 0.05) is 52.8 Å². The molecule has 0 N–H and O–H groups in total. The first-order valence-corrected chi connectivity index (χ1v) is 11.3. The van der Waals surface area contributed by atoms with Crippen molar-refractivity contribution in [2.75, 3.05) is 35.0 Å². The Hall–Kier alpha value is -0.940. The van der Waals surface area contributed by atoms with Crippen molar-refractivity contribution in [1.29, 1.82) is 0 Å². The van der Waals surface area contributed by atoms with E-state index in [1.807, 2.05) is 21.3 Å². The van der Waals surface area contributed by atoms with Gasteiger partial charge in [0.25, 0.3) is 0 Å². The molecule has 30 heavy (non-hydrogen) atoms.